The first kappa shape index (κ1) is 35.3. The molecule has 2 aromatic carbocycles. The number of carbonyl (C=O) groups is 4. The Kier molecular flexibility index (Phi) is 10.4. The van der Waals surface area contributed by atoms with Gasteiger partial charge in [0.25, 0.3) is 5.91 Å². The summed E-state index contributed by atoms with van der Waals surface area (Å²) < 4.78 is 60.5. The lowest BCUT2D eigenvalue weighted by Gasteiger charge is -2.31. The highest BCUT2D eigenvalue weighted by Gasteiger charge is 2.64. The molecule has 1 saturated heterocycles. The van der Waals surface area contributed by atoms with Gasteiger partial charge in [0.1, 0.15) is 18.3 Å². The number of amides is 2. The van der Waals surface area contributed by atoms with Gasteiger partial charge in [-0.05, 0) is 73.2 Å². The molecule has 6 rings (SSSR count). The van der Waals surface area contributed by atoms with Crippen molar-refractivity contribution in [2.24, 2.45) is 11.8 Å². The van der Waals surface area contributed by atoms with Gasteiger partial charge in [0.05, 0.1) is 12.2 Å². The Labute approximate surface area is 285 Å². The minimum atomic E-state index is -4.65. The molecule has 0 radical (unpaired) electrons. The van der Waals surface area contributed by atoms with E-state index in [9.17, 15) is 32.3 Å². The van der Waals surface area contributed by atoms with Gasteiger partial charge in [0, 0.05) is 48.6 Å². The van der Waals surface area contributed by atoms with Gasteiger partial charge in [-0.2, -0.15) is 13.2 Å². The largest absolute Gasteiger partial charge is 0.456 e. The molecular weight excluding hydrogens is 661 g/mol. The highest BCUT2D eigenvalue weighted by molar-refractivity contribution is 5.95. The number of benzene rings is 2. The molecule has 3 fully saturated rings. The van der Waals surface area contributed by atoms with Gasteiger partial charge in [-0.25, -0.2) is 9.59 Å². The summed E-state index contributed by atoms with van der Waals surface area (Å²) in [5, 5.41) is 14.5. The van der Waals surface area contributed by atoms with Crippen LogP contribution < -0.4 is 10.6 Å². The molecule has 2 aromatic rings. The van der Waals surface area contributed by atoms with E-state index in [1.54, 1.807) is 36.4 Å². The fourth-order valence-electron chi connectivity index (χ4n) is 6.30. The number of ether oxygens (including phenoxy) is 4. The molecule has 3 unspecified atom stereocenters. The number of nitrogens with one attached hydrogen (secondary N) is 2. The third-order valence-corrected chi connectivity index (χ3v) is 8.91. The van der Waals surface area contributed by atoms with E-state index in [1.807, 2.05) is 0 Å². The van der Waals surface area contributed by atoms with Crippen LogP contribution in [0.2, 0.25) is 0 Å². The maximum Gasteiger partial charge on any atom is 0.422 e. The number of halogens is 3. The van der Waals surface area contributed by atoms with Crippen molar-refractivity contribution in [1.82, 2.24) is 10.6 Å². The lowest BCUT2D eigenvalue weighted by Crippen LogP contribution is -2.44. The first-order valence-electron chi connectivity index (χ1n) is 16.5. The molecule has 0 aromatic heterocycles. The second-order valence-electron chi connectivity index (χ2n) is 12.8. The SMILES string of the molecule is O=C(C=Cc1cccc(C(=O)OC2CC(C(=O)NCc3cccc(C(=O)NCCO)c3)=CC3OC(C4CC4)(C4CC4)OC32)c1)OCC(F)(F)F. The standard InChI is InChI=1S/C36H37F3N2O9/c37-35(38,39)20-47-30(43)12-7-21-3-1-6-24(15-21)34(46)48-28-17-25(18-29-31(28)50-36(49-29,26-8-9-26)27-10-11-27)33(45)41-19-22-4-2-5-23(16-22)32(44)40-13-14-42/h1-7,12,15-16,18,26-29,31,42H,8-11,13-14,17,19-20H2,(H,40,44)(H,41,45). The minimum Gasteiger partial charge on any atom is -0.456 e. The molecule has 3 aliphatic carbocycles. The van der Waals surface area contributed by atoms with E-state index in [0.717, 1.165) is 31.8 Å². The van der Waals surface area contributed by atoms with Gasteiger partial charge in [-0.15, -0.1) is 0 Å². The maximum atomic E-state index is 13.5. The minimum absolute atomic E-state index is 0.0434. The third-order valence-electron chi connectivity index (χ3n) is 8.91. The number of hydrogen-bond acceptors (Lipinski definition) is 9. The van der Waals surface area contributed by atoms with E-state index in [-0.39, 0.29) is 49.4 Å². The molecule has 50 heavy (non-hydrogen) atoms. The number of aliphatic hydroxyl groups is 1. The van der Waals surface area contributed by atoms with Crippen LogP contribution >= 0.6 is 0 Å². The summed E-state index contributed by atoms with van der Waals surface area (Å²) in [5.41, 5.74) is 1.87. The summed E-state index contributed by atoms with van der Waals surface area (Å²) >= 11 is 0. The van der Waals surface area contributed by atoms with E-state index in [4.69, 9.17) is 19.3 Å². The van der Waals surface area contributed by atoms with Crippen LogP contribution in [0.4, 0.5) is 13.2 Å². The lowest BCUT2D eigenvalue weighted by molar-refractivity contribution is -0.209. The van der Waals surface area contributed by atoms with Crippen LogP contribution in [0.5, 0.6) is 0 Å². The Morgan fingerprint density at radius 2 is 1.66 bits per heavy atom. The monoisotopic (exact) mass is 698 g/mol. The summed E-state index contributed by atoms with van der Waals surface area (Å²) in [5.74, 6) is -3.03. The zero-order chi connectivity index (χ0) is 35.5. The molecule has 2 amide bonds. The van der Waals surface area contributed by atoms with Gasteiger partial charge in [0.2, 0.25) is 5.91 Å². The van der Waals surface area contributed by atoms with Crippen LogP contribution in [0.3, 0.4) is 0 Å². The second kappa shape index (κ2) is 14.8. The van der Waals surface area contributed by atoms with Crippen molar-refractivity contribution in [3.8, 4) is 0 Å². The summed E-state index contributed by atoms with van der Waals surface area (Å²) in [7, 11) is 0. The molecule has 1 aliphatic heterocycles. The van der Waals surface area contributed by atoms with E-state index in [2.05, 4.69) is 15.4 Å². The van der Waals surface area contributed by atoms with Gasteiger partial charge in [-0.3, -0.25) is 9.59 Å². The summed E-state index contributed by atoms with van der Waals surface area (Å²) in [6.45, 7) is -1.67. The molecule has 11 nitrogen and oxygen atoms in total. The average Bonchev–Trinajstić information content (AvgIpc) is 4.05. The molecule has 14 heteroatoms. The first-order valence-corrected chi connectivity index (χ1v) is 16.5. The van der Waals surface area contributed by atoms with E-state index < -0.39 is 54.7 Å². The Balaban J connectivity index is 1.15. The third kappa shape index (κ3) is 8.60. The van der Waals surface area contributed by atoms with Crippen LogP contribution in [0.25, 0.3) is 6.08 Å². The predicted octanol–water partition coefficient (Wildman–Crippen LogP) is 4.00. The fraction of sp³-hybridized carbons (Fsp3) is 0.444. The van der Waals surface area contributed by atoms with Crippen LogP contribution in [0.15, 0.2) is 66.3 Å². The van der Waals surface area contributed by atoms with Crippen LogP contribution in [-0.4, -0.2) is 78.9 Å². The number of rotatable bonds is 13. The van der Waals surface area contributed by atoms with Crippen molar-refractivity contribution in [2.75, 3.05) is 19.8 Å². The fourth-order valence-corrected chi connectivity index (χ4v) is 6.30. The molecule has 3 atom stereocenters. The zero-order valence-electron chi connectivity index (χ0n) is 26.9. The molecule has 266 valence electrons. The molecule has 0 spiro atoms. The summed E-state index contributed by atoms with van der Waals surface area (Å²) in [4.78, 5) is 51.0. The second-order valence-corrected chi connectivity index (χ2v) is 12.8. The van der Waals surface area contributed by atoms with Crippen molar-refractivity contribution in [3.63, 3.8) is 0 Å². The van der Waals surface area contributed by atoms with Crippen molar-refractivity contribution in [1.29, 1.82) is 0 Å². The molecule has 2 saturated carbocycles. The van der Waals surface area contributed by atoms with Crippen LogP contribution in [0.1, 0.15) is 63.9 Å². The Bertz CT molecular complexity index is 1670. The number of fused-ring (bicyclic) bond motifs is 1. The normalized spacial score (nSPS) is 22.7. The van der Waals surface area contributed by atoms with E-state index in [1.165, 1.54) is 24.3 Å². The van der Waals surface area contributed by atoms with E-state index in [0.29, 0.717) is 22.3 Å². The molecule has 0 bridgehead atoms. The van der Waals surface area contributed by atoms with Crippen LogP contribution in [0, 0.1) is 11.8 Å². The quantitative estimate of drug-likeness (QED) is 0.209. The Morgan fingerprint density at radius 1 is 0.940 bits per heavy atom. The lowest BCUT2D eigenvalue weighted by atomic mass is 9.91. The summed E-state index contributed by atoms with van der Waals surface area (Å²) in [6.07, 6.45) is 0.832. The molecular formula is C36H37F3N2O9. The highest BCUT2D eigenvalue weighted by atomic mass is 19.4. The summed E-state index contributed by atoms with van der Waals surface area (Å²) in [6, 6.07) is 12.7. The Morgan fingerprint density at radius 3 is 2.36 bits per heavy atom. The van der Waals surface area contributed by atoms with Gasteiger partial charge in [0.15, 0.2) is 12.4 Å². The van der Waals surface area contributed by atoms with Gasteiger partial charge < -0.3 is 34.7 Å². The van der Waals surface area contributed by atoms with Crippen LogP contribution in [-0.2, 0) is 35.1 Å². The Hall–Kier alpha value is -4.53. The average molecular weight is 699 g/mol. The topological polar surface area (TPSA) is 149 Å². The van der Waals surface area contributed by atoms with Crippen molar-refractivity contribution < 1.29 is 56.4 Å². The predicted molar refractivity (Wildman–Crippen MR) is 170 cm³/mol. The number of aliphatic hydroxyl groups excluding tert-OH is 1. The van der Waals surface area contributed by atoms with Crippen molar-refractivity contribution in [3.05, 3.63) is 88.5 Å². The van der Waals surface area contributed by atoms with E-state index >= 15 is 0 Å². The van der Waals surface area contributed by atoms with Gasteiger partial charge >= 0.3 is 18.1 Å². The smallest absolute Gasteiger partial charge is 0.422 e. The van der Waals surface area contributed by atoms with Crippen molar-refractivity contribution in [2.45, 2.75) is 68.9 Å². The molecule has 4 aliphatic rings. The zero-order valence-corrected chi connectivity index (χ0v) is 26.9. The number of esters is 2. The van der Waals surface area contributed by atoms with Crippen molar-refractivity contribution >= 4 is 29.8 Å². The number of hydrogen-bond donors (Lipinski definition) is 3. The number of alkyl halides is 3. The van der Waals surface area contributed by atoms with Gasteiger partial charge in [-0.1, -0.05) is 24.3 Å². The first-order chi connectivity index (χ1) is 23.9. The maximum absolute atomic E-state index is 13.5. The highest BCUT2D eigenvalue weighted by Crippen LogP contribution is 2.59. The number of carbonyl (C=O) groups excluding carboxylic acids is 4. The molecule has 3 N–H and O–H groups in total. The molecule has 1 heterocycles.